The summed E-state index contributed by atoms with van der Waals surface area (Å²) in [5, 5.41) is 0. The average Bonchev–Trinajstić information content (AvgIpc) is 2.41. The minimum absolute atomic E-state index is 0.118. The van der Waals surface area contributed by atoms with Gasteiger partial charge in [-0.05, 0) is 22.9 Å². The maximum Gasteiger partial charge on any atom is 0.259 e. The van der Waals surface area contributed by atoms with Crippen LogP contribution in [0.15, 0.2) is 15.5 Å². The molecule has 0 aromatic carbocycles. The van der Waals surface area contributed by atoms with E-state index in [1.165, 1.54) is 21.8 Å². The Kier molecular flexibility index (Phi) is 3.09. The highest BCUT2D eigenvalue weighted by molar-refractivity contribution is 9.10. The first-order valence-corrected chi connectivity index (χ1v) is 6.46. The molecule has 16 heavy (non-hydrogen) atoms. The largest absolute Gasteiger partial charge is 0.393 e. The molecule has 0 unspecified atom stereocenters. The van der Waals surface area contributed by atoms with Crippen LogP contribution < -0.4 is 11.3 Å². The maximum atomic E-state index is 11.8. The van der Waals surface area contributed by atoms with Crippen LogP contribution in [0, 0.1) is 6.92 Å². The summed E-state index contributed by atoms with van der Waals surface area (Å²) in [6.45, 7) is 1.93. The summed E-state index contributed by atoms with van der Waals surface area (Å²) >= 11 is 9.61. The second-order valence-corrected chi connectivity index (χ2v) is 5.75. The van der Waals surface area contributed by atoms with Crippen LogP contribution in [-0.4, -0.2) is 14.4 Å². The normalized spacial score (nSPS) is 10.9. The van der Waals surface area contributed by atoms with E-state index in [1.54, 1.807) is 0 Å². The van der Waals surface area contributed by atoms with Crippen LogP contribution in [0.3, 0.4) is 0 Å². The summed E-state index contributed by atoms with van der Waals surface area (Å²) in [5.41, 5.74) is 5.93. The second-order valence-electron chi connectivity index (χ2n) is 3.30. The molecule has 4 nitrogen and oxygen atoms in total. The third-order valence-electron chi connectivity index (χ3n) is 2.03. The van der Waals surface area contributed by atoms with Crippen LogP contribution in [0.4, 0.5) is 0 Å². The molecule has 2 N–H and O–H groups in total. The van der Waals surface area contributed by atoms with E-state index in [4.69, 9.17) is 18.0 Å². The van der Waals surface area contributed by atoms with Crippen molar-refractivity contribution in [2.75, 3.05) is 0 Å². The molecule has 2 rings (SSSR count). The molecule has 0 aliphatic carbocycles. The molecule has 0 bridgehead atoms. The lowest BCUT2D eigenvalue weighted by Gasteiger charge is -1.99. The lowest BCUT2D eigenvalue weighted by atomic mass is 10.3. The average molecular weight is 318 g/mol. The van der Waals surface area contributed by atoms with Crippen LogP contribution in [0.2, 0.25) is 0 Å². The molecule has 2 heterocycles. The Morgan fingerprint density at radius 3 is 3.06 bits per heavy atom. The van der Waals surface area contributed by atoms with Crippen LogP contribution in [0.1, 0.15) is 10.6 Å². The van der Waals surface area contributed by atoms with E-state index in [9.17, 15) is 4.79 Å². The van der Waals surface area contributed by atoms with Gasteiger partial charge in [-0.25, -0.2) is 9.38 Å². The molecule has 2 aromatic rings. The number of hydrogen-bond acceptors (Lipinski definition) is 4. The molecule has 0 radical (unpaired) electrons. The highest BCUT2D eigenvalue weighted by Crippen LogP contribution is 2.24. The van der Waals surface area contributed by atoms with Gasteiger partial charge in [0.15, 0.2) is 4.96 Å². The number of thiocarbonyl (C=S) groups is 1. The number of aryl methyl sites for hydroxylation is 1. The first-order chi connectivity index (χ1) is 7.49. The first kappa shape index (κ1) is 11.7. The third kappa shape index (κ3) is 2.02. The van der Waals surface area contributed by atoms with Gasteiger partial charge in [0, 0.05) is 17.4 Å². The molecule has 0 saturated carbocycles. The van der Waals surface area contributed by atoms with E-state index < -0.39 is 0 Å². The van der Waals surface area contributed by atoms with Gasteiger partial charge in [0.05, 0.1) is 10.7 Å². The monoisotopic (exact) mass is 317 g/mol. The lowest BCUT2D eigenvalue weighted by molar-refractivity contribution is 1.00. The van der Waals surface area contributed by atoms with E-state index >= 15 is 0 Å². The summed E-state index contributed by atoms with van der Waals surface area (Å²) < 4.78 is 2.29. The standard InChI is InChI=1S/C9H8BrN3OS2/c1-4-8(10)13-7(14)3-5(2-6(11)15)12-9(13)16-4/h3H,2H2,1H3,(H2,11,15). The third-order valence-corrected chi connectivity index (χ3v) is 4.34. The zero-order valence-electron chi connectivity index (χ0n) is 8.36. The molecule has 0 fully saturated rings. The molecule has 0 aliphatic rings. The number of hydrogen-bond donors (Lipinski definition) is 1. The smallest absolute Gasteiger partial charge is 0.259 e. The quantitative estimate of drug-likeness (QED) is 0.856. The maximum absolute atomic E-state index is 11.8. The first-order valence-electron chi connectivity index (χ1n) is 4.45. The van der Waals surface area contributed by atoms with Crippen LogP contribution in [-0.2, 0) is 6.42 Å². The van der Waals surface area contributed by atoms with Crippen molar-refractivity contribution in [3.63, 3.8) is 0 Å². The fraction of sp³-hybridized carbons (Fsp3) is 0.222. The number of thiazole rings is 1. The van der Waals surface area contributed by atoms with Crippen molar-refractivity contribution in [3.05, 3.63) is 31.6 Å². The molecule has 0 aliphatic heterocycles. The van der Waals surface area contributed by atoms with Crippen molar-refractivity contribution in [2.24, 2.45) is 5.73 Å². The van der Waals surface area contributed by atoms with Crippen LogP contribution in [0.25, 0.3) is 4.96 Å². The van der Waals surface area contributed by atoms with Crippen molar-refractivity contribution in [2.45, 2.75) is 13.3 Å². The SMILES string of the molecule is Cc1sc2nc(CC(N)=S)cc(=O)n2c1Br. The predicted octanol–water partition coefficient (Wildman–Crippen LogP) is 1.66. The molecule has 0 amide bonds. The van der Waals surface area contributed by atoms with Gasteiger partial charge < -0.3 is 5.73 Å². The van der Waals surface area contributed by atoms with Gasteiger partial charge in [0.2, 0.25) is 0 Å². The number of aromatic nitrogens is 2. The Bertz CT molecular complexity index is 631. The van der Waals surface area contributed by atoms with Crippen molar-refractivity contribution < 1.29 is 0 Å². The zero-order chi connectivity index (χ0) is 11.9. The minimum Gasteiger partial charge on any atom is -0.393 e. The van der Waals surface area contributed by atoms with E-state index in [0.717, 1.165) is 9.48 Å². The van der Waals surface area contributed by atoms with Gasteiger partial charge in [-0.3, -0.25) is 4.79 Å². The number of nitrogens with zero attached hydrogens (tertiary/aromatic N) is 2. The van der Waals surface area contributed by atoms with E-state index in [-0.39, 0.29) is 5.56 Å². The van der Waals surface area contributed by atoms with Crippen molar-refractivity contribution >= 4 is 49.4 Å². The summed E-state index contributed by atoms with van der Waals surface area (Å²) in [5.74, 6) is 0. The van der Waals surface area contributed by atoms with Crippen molar-refractivity contribution in [1.82, 2.24) is 9.38 Å². The topological polar surface area (TPSA) is 60.4 Å². The number of halogens is 1. The van der Waals surface area contributed by atoms with E-state index in [2.05, 4.69) is 20.9 Å². The molecule has 0 atom stereocenters. The highest BCUT2D eigenvalue weighted by atomic mass is 79.9. The van der Waals surface area contributed by atoms with E-state index in [1.807, 2.05) is 6.92 Å². The molecular weight excluding hydrogens is 310 g/mol. The fourth-order valence-electron chi connectivity index (χ4n) is 1.36. The molecule has 0 saturated heterocycles. The van der Waals surface area contributed by atoms with Gasteiger partial charge in [0.1, 0.15) is 4.60 Å². The van der Waals surface area contributed by atoms with Gasteiger partial charge in [0.25, 0.3) is 5.56 Å². The van der Waals surface area contributed by atoms with Crippen LogP contribution >= 0.6 is 39.5 Å². The Morgan fingerprint density at radius 1 is 1.75 bits per heavy atom. The summed E-state index contributed by atoms with van der Waals surface area (Å²) in [6, 6.07) is 1.46. The summed E-state index contributed by atoms with van der Waals surface area (Å²) in [4.78, 5) is 18.2. The molecule has 2 aromatic heterocycles. The number of fused-ring (bicyclic) bond motifs is 1. The summed E-state index contributed by atoms with van der Waals surface area (Å²) in [6.07, 6.45) is 0.357. The second kappa shape index (κ2) is 4.23. The number of nitrogens with two attached hydrogens (primary N) is 1. The van der Waals surface area contributed by atoms with E-state index in [0.29, 0.717) is 22.1 Å². The number of rotatable bonds is 2. The minimum atomic E-state index is -0.118. The van der Waals surface area contributed by atoms with Crippen molar-refractivity contribution in [3.8, 4) is 0 Å². The Hall–Kier alpha value is -0.790. The molecule has 0 spiro atoms. The molecule has 7 heteroatoms. The van der Waals surface area contributed by atoms with Gasteiger partial charge >= 0.3 is 0 Å². The fourth-order valence-corrected chi connectivity index (χ4v) is 3.10. The Labute approximate surface area is 109 Å². The predicted molar refractivity (Wildman–Crippen MR) is 72.3 cm³/mol. The Morgan fingerprint density at radius 2 is 2.44 bits per heavy atom. The summed E-state index contributed by atoms with van der Waals surface area (Å²) in [7, 11) is 0. The molecular formula is C9H8BrN3OS2. The lowest BCUT2D eigenvalue weighted by Crippen LogP contribution is -2.18. The van der Waals surface area contributed by atoms with Crippen LogP contribution in [0.5, 0.6) is 0 Å². The van der Waals surface area contributed by atoms with Gasteiger partial charge in [-0.15, -0.1) is 11.3 Å². The zero-order valence-corrected chi connectivity index (χ0v) is 11.6. The molecule has 84 valence electrons. The van der Waals surface area contributed by atoms with Crippen molar-refractivity contribution in [1.29, 1.82) is 0 Å². The van der Waals surface area contributed by atoms with Gasteiger partial charge in [-0.2, -0.15) is 0 Å². The Balaban J connectivity index is 2.69. The highest BCUT2D eigenvalue weighted by Gasteiger charge is 2.10. The van der Waals surface area contributed by atoms with Gasteiger partial charge in [-0.1, -0.05) is 12.2 Å².